The number of hydrogen-bond acceptors (Lipinski definition) is 4. The summed E-state index contributed by atoms with van der Waals surface area (Å²) >= 11 is 0. The van der Waals surface area contributed by atoms with Gasteiger partial charge in [0.2, 0.25) is 10.0 Å². The number of nitrogens with zero attached hydrogens (tertiary/aromatic N) is 2. The van der Waals surface area contributed by atoms with Gasteiger partial charge in [-0.1, -0.05) is 42.8 Å². The average Bonchev–Trinajstić information content (AvgIpc) is 2.78. The topological polar surface area (TPSA) is 79.4 Å². The quantitative estimate of drug-likeness (QED) is 0.701. The van der Waals surface area contributed by atoms with Gasteiger partial charge < -0.3 is 5.32 Å². The second-order valence-electron chi connectivity index (χ2n) is 7.17. The minimum absolute atomic E-state index is 0.258. The first-order valence-corrected chi connectivity index (χ1v) is 11.2. The summed E-state index contributed by atoms with van der Waals surface area (Å²) in [4.78, 5) is 17.1. The molecule has 1 fully saturated rings. The SMILES string of the molecule is O=C(NCc1ccc(S(=O)(=O)N2CCCCC2)cc1)c1nccc2ccccc12. The van der Waals surface area contributed by atoms with Crippen molar-refractivity contribution in [1.82, 2.24) is 14.6 Å². The van der Waals surface area contributed by atoms with Gasteiger partial charge in [-0.25, -0.2) is 8.42 Å². The lowest BCUT2D eigenvalue weighted by Crippen LogP contribution is -2.35. The summed E-state index contributed by atoms with van der Waals surface area (Å²) in [6, 6.07) is 16.2. The molecular formula is C22H23N3O3S. The van der Waals surface area contributed by atoms with Crippen LogP contribution in [0, 0.1) is 0 Å². The van der Waals surface area contributed by atoms with Crippen LogP contribution in [0.2, 0.25) is 0 Å². The fraction of sp³-hybridized carbons (Fsp3) is 0.273. The predicted molar refractivity (Wildman–Crippen MR) is 112 cm³/mol. The lowest BCUT2D eigenvalue weighted by molar-refractivity contribution is 0.0947. The zero-order valence-corrected chi connectivity index (χ0v) is 16.9. The third kappa shape index (κ3) is 4.16. The van der Waals surface area contributed by atoms with Gasteiger partial charge in [-0.15, -0.1) is 0 Å². The van der Waals surface area contributed by atoms with Gasteiger partial charge in [0.1, 0.15) is 5.69 Å². The first-order chi connectivity index (χ1) is 14.1. The zero-order valence-electron chi connectivity index (χ0n) is 16.0. The van der Waals surface area contributed by atoms with E-state index in [1.54, 1.807) is 34.8 Å². The summed E-state index contributed by atoms with van der Waals surface area (Å²) in [5, 5.41) is 4.63. The summed E-state index contributed by atoms with van der Waals surface area (Å²) in [6.45, 7) is 1.46. The number of sulfonamides is 1. The summed E-state index contributed by atoms with van der Waals surface area (Å²) in [7, 11) is -3.44. The van der Waals surface area contributed by atoms with Gasteiger partial charge in [0.05, 0.1) is 4.90 Å². The van der Waals surface area contributed by atoms with Crippen LogP contribution in [-0.2, 0) is 16.6 Å². The first-order valence-electron chi connectivity index (χ1n) is 9.77. The Morgan fingerprint density at radius 2 is 1.69 bits per heavy atom. The Morgan fingerprint density at radius 1 is 0.966 bits per heavy atom. The van der Waals surface area contributed by atoms with Gasteiger partial charge in [-0.05, 0) is 42.0 Å². The summed E-state index contributed by atoms with van der Waals surface area (Å²) in [5.74, 6) is -0.258. The minimum Gasteiger partial charge on any atom is -0.347 e. The Bertz CT molecular complexity index is 1120. The molecule has 2 aromatic carbocycles. The molecule has 0 saturated carbocycles. The fourth-order valence-corrected chi connectivity index (χ4v) is 5.12. The number of benzene rings is 2. The molecule has 0 unspecified atom stereocenters. The molecule has 1 amide bonds. The third-order valence-corrected chi connectivity index (χ3v) is 7.13. The molecule has 1 aliphatic rings. The molecule has 29 heavy (non-hydrogen) atoms. The van der Waals surface area contributed by atoms with E-state index in [9.17, 15) is 13.2 Å². The number of fused-ring (bicyclic) bond motifs is 1. The number of carbonyl (C=O) groups excluding carboxylic acids is 1. The van der Waals surface area contributed by atoms with Gasteiger partial charge in [0.25, 0.3) is 5.91 Å². The molecule has 0 aliphatic carbocycles. The van der Waals surface area contributed by atoms with Crippen molar-refractivity contribution in [1.29, 1.82) is 0 Å². The predicted octanol–water partition coefficient (Wildman–Crippen LogP) is 3.34. The standard InChI is InChI=1S/C22H23N3O3S/c26-22(21-20-7-3-2-6-18(20)12-13-23-21)24-16-17-8-10-19(11-9-17)29(27,28)25-14-4-1-5-15-25/h2-3,6-13H,1,4-5,14-16H2,(H,24,26). The molecule has 0 radical (unpaired) electrons. The van der Waals surface area contributed by atoms with E-state index in [4.69, 9.17) is 0 Å². The van der Waals surface area contributed by atoms with Crippen LogP contribution in [0.25, 0.3) is 10.8 Å². The molecule has 4 rings (SSSR count). The summed E-state index contributed by atoms with van der Waals surface area (Å²) in [6.07, 6.45) is 4.52. The van der Waals surface area contributed by atoms with E-state index in [0.717, 1.165) is 35.6 Å². The molecule has 3 aromatic rings. The van der Waals surface area contributed by atoms with E-state index >= 15 is 0 Å². The highest BCUT2D eigenvalue weighted by atomic mass is 32.2. The van der Waals surface area contributed by atoms with Crippen LogP contribution in [-0.4, -0.2) is 36.7 Å². The summed E-state index contributed by atoms with van der Waals surface area (Å²) < 4.78 is 27.0. The number of pyridine rings is 1. The van der Waals surface area contributed by atoms with Gasteiger partial charge >= 0.3 is 0 Å². The van der Waals surface area contributed by atoms with Gasteiger partial charge in [0.15, 0.2) is 0 Å². The Balaban J connectivity index is 1.44. The zero-order chi connectivity index (χ0) is 20.3. The monoisotopic (exact) mass is 409 g/mol. The summed E-state index contributed by atoms with van der Waals surface area (Å²) in [5.41, 5.74) is 1.21. The van der Waals surface area contributed by atoms with Crippen molar-refractivity contribution >= 4 is 26.7 Å². The maximum atomic E-state index is 12.7. The van der Waals surface area contributed by atoms with Crippen LogP contribution in [0.5, 0.6) is 0 Å². The first kappa shape index (κ1) is 19.5. The lowest BCUT2D eigenvalue weighted by Gasteiger charge is -2.25. The number of hydrogen-bond donors (Lipinski definition) is 1. The van der Waals surface area contributed by atoms with E-state index < -0.39 is 10.0 Å². The smallest absolute Gasteiger partial charge is 0.270 e. The van der Waals surface area contributed by atoms with E-state index in [-0.39, 0.29) is 5.91 Å². The van der Waals surface area contributed by atoms with Crippen molar-refractivity contribution in [2.75, 3.05) is 13.1 Å². The van der Waals surface area contributed by atoms with Crippen molar-refractivity contribution in [2.45, 2.75) is 30.7 Å². The molecule has 1 aromatic heterocycles. The van der Waals surface area contributed by atoms with Crippen LogP contribution in [0.3, 0.4) is 0 Å². The minimum atomic E-state index is -3.44. The number of piperidine rings is 1. The normalized spacial score (nSPS) is 15.3. The Hall–Kier alpha value is -2.77. The van der Waals surface area contributed by atoms with E-state index in [0.29, 0.717) is 30.2 Å². The second kappa shape index (κ2) is 8.31. The lowest BCUT2D eigenvalue weighted by atomic mass is 10.1. The number of amides is 1. The molecule has 1 N–H and O–H groups in total. The molecule has 7 heteroatoms. The van der Waals surface area contributed by atoms with Crippen molar-refractivity contribution in [3.05, 3.63) is 72.1 Å². The molecule has 0 bridgehead atoms. The third-order valence-electron chi connectivity index (χ3n) is 5.22. The second-order valence-corrected chi connectivity index (χ2v) is 9.11. The van der Waals surface area contributed by atoms with Crippen LogP contribution in [0.15, 0.2) is 65.7 Å². The highest BCUT2D eigenvalue weighted by molar-refractivity contribution is 7.89. The van der Waals surface area contributed by atoms with Crippen molar-refractivity contribution in [2.24, 2.45) is 0 Å². The van der Waals surface area contributed by atoms with Crippen LogP contribution < -0.4 is 5.32 Å². The van der Waals surface area contributed by atoms with Crippen molar-refractivity contribution in [3.8, 4) is 0 Å². The molecule has 2 heterocycles. The molecular weight excluding hydrogens is 386 g/mol. The van der Waals surface area contributed by atoms with Crippen molar-refractivity contribution < 1.29 is 13.2 Å². The molecule has 6 nitrogen and oxygen atoms in total. The number of carbonyl (C=O) groups is 1. The van der Waals surface area contributed by atoms with E-state index in [2.05, 4.69) is 10.3 Å². The van der Waals surface area contributed by atoms with Crippen LogP contribution >= 0.6 is 0 Å². The molecule has 1 aliphatic heterocycles. The van der Waals surface area contributed by atoms with E-state index in [1.165, 1.54) is 0 Å². The van der Waals surface area contributed by atoms with Gasteiger partial charge in [0, 0.05) is 31.2 Å². The highest BCUT2D eigenvalue weighted by Gasteiger charge is 2.25. The van der Waals surface area contributed by atoms with Crippen LogP contribution in [0.1, 0.15) is 35.3 Å². The maximum absolute atomic E-state index is 12.7. The van der Waals surface area contributed by atoms with Crippen LogP contribution in [0.4, 0.5) is 0 Å². The fourth-order valence-electron chi connectivity index (χ4n) is 3.60. The number of aromatic nitrogens is 1. The largest absolute Gasteiger partial charge is 0.347 e. The van der Waals surface area contributed by atoms with Crippen molar-refractivity contribution in [3.63, 3.8) is 0 Å². The highest BCUT2D eigenvalue weighted by Crippen LogP contribution is 2.21. The number of rotatable bonds is 5. The Labute approximate surface area is 170 Å². The molecule has 0 atom stereocenters. The maximum Gasteiger partial charge on any atom is 0.270 e. The van der Waals surface area contributed by atoms with E-state index in [1.807, 2.05) is 30.3 Å². The molecule has 0 spiro atoms. The Kier molecular flexibility index (Phi) is 5.60. The van der Waals surface area contributed by atoms with Gasteiger partial charge in [-0.3, -0.25) is 9.78 Å². The molecule has 1 saturated heterocycles. The average molecular weight is 410 g/mol. The Morgan fingerprint density at radius 3 is 2.45 bits per heavy atom. The van der Waals surface area contributed by atoms with Gasteiger partial charge in [-0.2, -0.15) is 4.31 Å². The number of nitrogens with one attached hydrogen (secondary N) is 1. The molecule has 150 valence electrons.